The van der Waals surface area contributed by atoms with Crippen molar-refractivity contribution in [1.29, 1.82) is 0 Å². The Kier molecular flexibility index (Phi) is 7.91. The molecule has 0 radical (unpaired) electrons. The number of hydrogen-bond donors (Lipinski definition) is 1. The summed E-state index contributed by atoms with van der Waals surface area (Å²) in [5.74, 6) is -0.212. The molecular weight excluding hydrogens is 326 g/mol. The number of amides is 1. The fraction of sp³-hybridized carbons (Fsp3) is 0.500. The second kappa shape index (κ2) is 9.66. The van der Waals surface area contributed by atoms with E-state index >= 15 is 0 Å². The van der Waals surface area contributed by atoms with Crippen LogP contribution in [0.2, 0.25) is 0 Å². The smallest absolute Gasteiger partial charge is 0.407 e. The Hall–Kier alpha value is -2.57. The van der Waals surface area contributed by atoms with E-state index in [4.69, 9.17) is 14.2 Å². The first-order valence-corrected chi connectivity index (χ1v) is 8.10. The van der Waals surface area contributed by atoms with Crippen LogP contribution in [-0.4, -0.2) is 43.2 Å². The average molecular weight is 351 g/mol. The lowest BCUT2D eigenvalue weighted by atomic mass is 10.1. The normalized spacial score (nSPS) is 10.7. The Morgan fingerprint density at radius 3 is 2.28 bits per heavy atom. The minimum absolute atomic E-state index is 0.0458. The second-order valence-corrected chi connectivity index (χ2v) is 6.22. The third kappa shape index (κ3) is 8.74. The van der Waals surface area contributed by atoms with E-state index in [1.165, 1.54) is 0 Å². The molecule has 1 aromatic rings. The van der Waals surface area contributed by atoms with E-state index in [1.807, 2.05) is 6.92 Å². The van der Waals surface area contributed by atoms with Gasteiger partial charge in [0.05, 0.1) is 13.0 Å². The van der Waals surface area contributed by atoms with Crippen molar-refractivity contribution in [2.75, 3.05) is 19.8 Å². The summed E-state index contributed by atoms with van der Waals surface area (Å²) in [6, 6.07) is 6.60. The summed E-state index contributed by atoms with van der Waals surface area (Å²) in [5.41, 5.74) is -0.169. The Labute approximate surface area is 147 Å². The van der Waals surface area contributed by atoms with Gasteiger partial charge in [-0.1, -0.05) is 0 Å². The molecule has 1 aromatic carbocycles. The molecule has 7 nitrogen and oxygen atoms in total. The van der Waals surface area contributed by atoms with Crippen LogP contribution in [-0.2, 0) is 14.3 Å². The number of ether oxygens (including phenoxy) is 3. The van der Waals surface area contributed by atoms with Crippen molar-refractivity contribution in [3.05, 3.63) is 29.8 Å². The first kappa shape index (κ1) is 20.5. The molecule has 0 heterocycles. The maximum Gasteiger partial charge on any atom is 0.407 e. The Morgan fingerprint density at radius 1 is 1.08 bits per heavy atom. The van der Waals surface area contributed by atoms with Crippen molar-refractivity contribution in [3.63, 3.8) is 0 Å². The summed E-state index contributed by atoms with van der Waals surface area (Å²) in [7, 11) is 0. The summed E-state index contributed by atoms with van der Waals surface area (Å²) in [5, 5.41) is 2.45. The lowest BCUT2D eigenvalue weighted by Gasteiger charge is -2.19. The average Bonchev–Trinajstić information content (AvgIpc) is 2.52. The molecule has 0 aliphatic carbocycles. The van der Waals surface area contributed by atoms with Gasteiger partial charge in [0.25, 0.3) is 0 Å². The number of ketones is 1. The third-order valence-electron chi connectivity index (χ3n) is 2.85. The van der Waals surface area contributed by atoms with Gasteiger partial charge in [-0.05, 0) is 52.0 Å². The number of esters is 1. The van der Waals surface area contributed by atoms with Gasteiger partial charge >= 0.3 is 12.1 Å². The highest BCUT2D eigenvalue weighted by Gasteiger charge is 2.16. The quantitative estimate of drug-likeness (QED) is 0.572. The second-order valence-electron chi connectivity index (χ2n) is 6.22. The van der Waals surface area contributed by atoms with Gasteiger partial charge in [-0.25, -0.2) is 4.79 Å². The summed E-state index contributed by atoms with van der Waals surface area (Å²) in [6.45, 7) is 7.37. The Morgan fingerprint density at radius 2 is 1.72 bits per heavy atom. The molecule has 1 rings (SSSR count). The van der Waals surface area contributed by atoms with Crippen LogP contribution in [0.15, 0.2) is 24.3 Å². The van der Waals surface area contributed by atoms with Crippen molar-refractivity contribution in [2.24, 2.45) is 0 Å². The number of Topliss-reactive ketones (excluding diaryl/α,β-unsaturated/α-hetero) is 1. The van der Waals surface area contributed by atoms with E-state index in [2.05, 4.69) is 5.32 Å². The van der Waals surface area contributed by atoms with Crippen LogP contribution in [0, 0.1) is 0 Å². The van der Waals surface area contributed by atoms with Crippen LogP contribution >= 0.6 is 0 Å². The molecule has 1 amide bonds. The van der Waals surface area contributed by atoms with E-state index in [9.17, 15) is 14.4 Å². The summed E-state index contributed by atoms with van der Waals surface area (Å²) < 4.78 is 15.2. The van der Waals surface area contributed by atoms with Gasteiger partial charge in [-0.2, -0.15) is 0 Å². The van der Waals surface area contributed by atoms with Crippen LogP contribution in [0.3, 0.4) is 0 Å². The lowest BCUT2D eigenvalue weighted by molar-refractivity contribution is -0.142. The molecule has 1 N–H and O–H groups in total. The van der Waals surface area contributed by atoms with Crippen LogP contribution in [0.5, 0.6) is 5.75 Å². The van der Waals surface area contributed by atoms with Crippen LogP contribution in [0.4, 0.5) is 4.79 Å². The van der Waals surface area contributed by atoms with Crippen LogP contribution in [0.1, 0.15) is 44.5 Å². The molecule has 0 saturated heterocycles. The molecule has 0 aromatic heterocycles. The molecule has 0 spiro atoms. The fourth-order valence-corrected chi connectivity index (χ4v) is 1.79. The maximum absolute atomic E-state index is 11.9. The van der Waals surface area contributed by atoms with E-state index < -0.39 is 17.7 Å². The van der Waals surface area contributed by atoms with Crippen LogP contribution in [0.25, 0.3) is 0 Å². The van der Waals surface area contributed by atoms with Crippen molar-refractivity contribution in [2.45, 2.75) is 39.7 Å². The Balaban J connectivity index is 2.29. The fourth-order valence-electron chi connectivity index (χ4n) is 1.79. The number of rotatable bonds is 8. The first-order valence-electron chi connectivity index (χ1n) is 8.10. The zero-order valence-electron chi connectivity index (χ0n) is 15.1. The molecular formula is C18H25NO6. The van der Waals surface area contributed by atoms with Crippen molar-refractivity contribution >= 4 is 17.8 Å². The molecule has 25 heavy (non-hydrogen) atoms. The van der Waals surface area contributed by atoms with Gasteiger partial charge in [-0.15, -0.1) is 0 Å². The number of carbonyl (C=O) groups excluding carboxylic acids is 3. The van der Waals surface area contributed by atoms with Crippen LogP contribution < -0.4 is 10.1 Å². The number of nitrogens with one attached hydrogen (secondary N) is 1. The molecule has 0 unspecified atom stereocenters. The van der Waals surface area contributed by atoms with Gasteiger partial charge in [0.1, 0.15) is 11.4 Å². The molecule has 0 aliphatic rings. The number of carbonyl (C=O) groups is 3. The Bertz CT molecular complexity index is 589. The van der Waals surface area contributed by atoms with Gasteiger partial charge < -0.3 is 19.5 Å². The topological polar surface area (TPSA) is 90.9 Å². The minimum Gasteiger partial charge on any atom is -0.494 e. The molecule has 0 fully saturated rings. The highest BCUT2D eigenvalue weighted by Crippen LogP contribution is 2.12. The van der Waals surface area contributed by atoms with E-state index in [0.717, 1.165) is 0 Å². The van der Waals surface area contributed by atoms with Gasteiger partial charge in [0.2, 0.25) is 0 Å². The molecule has 0 saturated carbocycles. The lowest BCUT2D eigenvalue weighted by Crippen LogP contribution is -2.33. The van der Waals surface area contributed by atoms with E-state index in [0.29, 0.717) is 17.9 Å². The van der Waals surface area contributed by atoms with E-state index in [-0.39, 0.29) is 25.4 Å². The summed E-state index contributed by atoms with van der Waals surface area (Å²) in [6.07, 6.45) is -0.652. The van der Waals surface area contributed by atoms with Crippen molar-refractivity contribution in [3.8, 4) is 5.75 Å². The van der Waals surface area contributed by atoms with E-state index in [1.54, 1.807) is 45.0 Å². The monoisotopic (exact) mass is 351 g/mol. The number of alkyl carbamates (subject to hydrolysis) is 1. The zero-order chi connectivity index (χ0) is 18.9. The maximum atomic E-state index is 11.9. The molecule has 0 aliphatic heterocycles. The molecule has 138 valence electrons. The predicted octanol–water partition coefficient (Wildman–Crippen LogP) is 2.73. The standard InChI is InChI=1S/C18H25NO6/c1-5-23-14-8-6-13(7-9-14)15(20)12-24-16(21)10-11-19-17(22)25-18(2,3)4/h6-9H,5,10-12H2,1-4H3,(H,19,22). The molecule has 0 bridgehead atoms. The third-order valence-corrected chi connectivity index (χ3v) is 2.85. The molecule has 0 atom stereocenters. The van der Waals surface area contributed by atoms with Crippen molar-refractivity contribution < 1.29 is 28.6 Å². The summed E-state index contributed by atoms with van der Waals surface area (Å²) in [4.78, 5) is 35.0. The van der Waals surface area contributed by atoms with Gasteiger partial charge in [0.15, 0.2) is 12.4 Å². The molecule has 7 heteroatoms. The number of hydrogen-bond acceptors (Lipinski definition) is 6. The predicted molar refractivity (Wildman–Crippen MR) is 91.8 cm³/mol. The SMILES string of the molecule is CCOc1ccc(C(=O)COC(=O)CCNC(=O)OC(C)(C)C)cc1. The highest BCUT2D eigenvalue weighted by molar-refractivity contribution is 5.98. The summed E-state index contributed by atoms with van der Waals surface area (Å²) >= 11 is 0. The zero-order valence-corrected chi connectivity index (χ0v) is 15.1. The van der Waals surface area contributed by atoms with Gasteiger partial charge in [-0.3, -0.25) is 9.59 Å². The van der Waals surface area contributed by atoms with Crippen molar-refractivity contribution in [1.82, 2.24) is 5.32 Å². The first-order chi connectivity index (χ1) is 11.7. The van der Waals surface area contributed by atoms with Gasteiger partial charge in [0, 0.05) is 12.1 Å². The largest absolute Gasteiger partial charge is 0.494 e. The number of benzene rings is 1. The minimum atomic E-state index is -0.606. The highest BCUT2D eigenvalue weighted by atomic mass is 16.6.